The van der Waals surface area contributed by atoms with E-state index in [1.165, 1.54) is 0 Å². The Morgan fingerprint density at radius 3 is 2.76 bits per heavy atom. The zero-order valence-corrected chi connectivity index (χ0v) is 13.5. The Balaban J connectivity index is 2.01. The highest BCUT2D eigenvalue weighted by atomic mass is 19.1. The van der Waals surface area contributed by atoms with Gasteiger partial charge in [0.15, 0.2) is 0 Å². The summed E-state index contributed by atoms with van der Waals surface area (Å²) >= 11 is 0. The van der Waals surface area contributed by atoms with Crippen molar-refractivity contribution in [2.45, 2.75) is 45.9 Å². The molecule has 2 rings (SSSR count). The summed E-state index contributed by atoms with van der Waals surface area (Å²) in [6.07, 6.45) is 1.11. The van der Waals surface area contributed by atoms with E-state index in [9.17, 15) is 4.39 Å². The van der Waals surface area contributed by atoms with Crippen LogP contribution >= 0.6 is 0 Å². The van der Waals surface area contributed by atoms with Crippen LogP contribution in [-0.4, -0.2) is 32.3 Å². The molecule has 3 nitrogen and oxygen atoms in total. The summed E-state index contributed by atoms with van der Waals surface area (Å²) in [5.74, 6) is 0.449. The highest BCUT2D eigenvalue weighted by Crippen LogP contribution is 2.27. The van der Waals surface area contributed by atoms with E-state index in [1.54, 1.807) is 6.07 Å². The molecule has 1 saturated heterocycles. The molecule has 1 aliphatic heterocycles. The van der Waals surface area contributed by atoms with E-state index in [0.717, 1.165) is 25.1 Å². The fraction of sp³-hybridized carbons (Fsp3) is 0.647. The van der Waals surface area contributed by atoms with Crippen LogP contribution in [0, 0.1) is 11.7 Å². The summed E-state index contributed by atoms with van der Waals surface area (Å²) in [5, 5.41) is 3.34. The largest absolute Gasteiger partial charge is 0.376 e. The summed E-state index contributed by atoms with van der Waals surface area (Å²) in [6, 6.07) is 5.78. The molecule has 2 atom stereocenters. The molecule has 0 bridgehead atoms. The minimum absolute atomic E-state index is 0.152. The first kappa shape index (κ1) is 16.2. The minimum atomic E-state index is -0.152. The molecule has 21 heavy (non-hydrogen) atoms. The van der Waals surface area contributed by atoms with E-state index < -0.39 is 0 Å². The number of hydrogen-bond acceptors (Lipinski definition) is 3. The maximum Gasteiger partial charge on any atom is 0.146 e. The molecule has 0 aromatic heterocycles. The second-order valence-electron chi connectivity index (χ2n) is 6.35. The van der Waals surface area contributed by atoms with Crippen molar-refractivity contribution < 1.29 is 9.13 Å². The van der Waals surface area contributed by atoms with Crippen molar-refractivity contribution in [1.82, 2.24) is 5.32 Å². The topological polar surface area (TPSA) is 24.5 Å². The van der Waals surface area contributed by atoms with Crippen LogP contribution in [0.1, 0.15) is 32.8 Å². The van der Waals surface area contributed by atoms with Crippen molar-refractivity contribution in [2.75, 3.05) is 25.1 Å². The van der Waals surface area contributed by atoms with Crippen molar-refractivity contribution in [3.05, 3.63) is 29.6 Å². The Hall–Kier alpha value is -1.13. The molecule has 1 aromatic carbocycles. The zero-order valence-electron chi connectivity index (χ0n) is 13.5. The third kappa shape index (κ3) is 4.17. The summed E-state index contributed by atoms with van der Waals surface area (Å²) in [5.41, 5.74) is 1.64. The van der Waals surface area contributed by atoms with Crippen LogP contribution < -0.4 is 10.2 Å². The van der Waals surface area contributed by atoms with Crippen molar-refractivity contribution >= 4 is 5.69 Å². The Morgan fingerprint density at radius 2 is 2.19 bits per heavy atom. The van der Waals surface area contributed by atoms with Crippen LogP contribution in [0.25, 0.3) is 0 Å². The number of anilines is 1. The Labute approximate surface area is 127 Å². The molecule has 1 N–H and O–H groups in total. The van der Waals surface area contributed by atoms with Gasteiger partial charge in [-0.25, -0.2) is 4.39 Å². The van der Waals surface area contributed by atoms with Crippen LogP contribution in [0.15, 0.2) is 18.2 Å². The number of halogens is 1. The summed E-state index contributed by atoms with van der Waals surface area (Å²) in [6.45, 7) is 8.79. The standard InChI is InChI=1S/C17H27FN2O/c1-12(2)10-19-11-14-5-6-17(15(18)9-14)20(4)16-7-8-21-13(16)3/h5-6,9,12-13,16,19H,7-8,10-11H2,1-4H3. The first-order valence-electron chi connectivity index (χ1n) is 7.82. The third-order valence-electron chi connectivity index (χ3n) is 4.11. The Kier molecular flexibility index (Phi) is 5.59. The number of benzene rings is 1. The molecular weight excluding hydrogens is 267 g/mol. The predicted octanol–water partition coefficient (Wildman–Crippen LogP) is 3.18. The third-order valence-corrected chi connectivity index (χ3v) is 4.11. The van der Waals surface area contributed by atoms with Crippen molar-refractivity contribution in [1.29, 1.82) is 0 Å². The van der Waals surface area contributed by atoms with Crippen LogP contribution in [0.3, 0.4) is 0 Å². The van der Waals surface area contributed by atoms with Gasteiger partial charge in [-0.2, -0.15) is 0 Å². The monoisotopic (exact) mass is 294 g/mol. The van der Waals surface area contributed by atoms with Crippen LogP contribution in [0.5, 0.6) is 0 Å². The van der Waals surface area contributed by atoms with Crippen molar-refractivity contribution in [2.24, 2.45) is 5.92 Å². The first-order valence-corrected chi connectivity index (χ1v) is 7.82. The van der Waals surface area contributed by atoms with E-state index in [0.29, 0.717) is 18.2 Å². The highest BCUT2D eigenvalue weighted by Gasteiger charge is 2.29. The van der Waals surface area contributed by atoms with Gasteiger partial charge in [-0.1, -0.05) is 19.9 Å². The minimum Gasteiger partial charge on any atom is -0.376 e. The summed E-state index contributed by atoms with van der Waals surface area (Å²) < 4.78 is 19.9. The normalized spacial score (nSPS) is 22.0. The van der Waals surface area contributed by atoms with Gasteiger partial charge in [-0.3, -0.25) is 0 Å². The molecule has 0 saturated carbocycles. The molecule has 1 aromatic rings. The zero-order chi connectivity index (χ0) is 15.4. The van der Waals surface area contributed by atoms with Gasteiger partial charge in [0.1, 0.15) is 5.82 Å². The van der Waals surface area contributed by atoms with Crippen molar-refractivity contribution in [3.63, 3.8) is 0 Å². The highest BCUT2D eigenvalue weighted by molar-refractivity contribution is 5.49. The Bertz CT molecular complexity index is 464. The lowest BCUT2D eigenvalue weighted by molar-refractivity contribution is 0.118. The number of rotatable bonds is 6. The van der Waals surface area contributed by atoms with E-state index in [1.807, 2.05) is 24.1 Å². The smallest absolute Gasteiger partial charge is 0.146 e. The van der Waals surface area contributed by atoms with Crippen LogP contribution in [0.4, 0.5) is 10.1 Å². The molecule has 0 spiro atoms. The molecule has 1 aliphatic rings. The number of hydrogen-bond donors (Lipinski definition) is 1. The van der Waals surface area contributed by atoms with Crippen LogP contribution in [-0.2, 0) is 11.3 Å². The molecule has 118 valence electrons. The van der Waals surface area contributed by atoms with Crippen LogP contribution in [0.2, 0.25) is 0 Å². The summed E-state index contributed by atoms with van der Waals surface area (Å²) in [7, 11) is 1.95. The first-order chi connectivity index (χ1) is 9.99. The molecule has 1 heterocycles. The number of likely N-dealkylation sites (N-methyl/N-ethyl adjacent to an activating group) is 1. The van der Waals surface area contributed by atoms with E-state index in [2.05, 4.69) is 26.1 Å². The molecule has 1 fully saturated rings. The maximum absolute atomic E-state index is 14.4. The lowest BCUT2D eigenvalue weighted by Gasteiger charge is -2.29. The lowest BCUT2D eigenvalue weighted by atomic mass is 10.1. The fourth-order valence-electron chi connectivity index (χ4n) is 2.86. The van der Waals surface area contributed by atoms with Gasteiger partial charge in [-0.15, -0.1) is 0 Å². The van der Waals surface area contributed by atoms with Crippen molar-refractivity contribution in [3.8, 4) is 0 Å². The molecule has 0 aliphatic carbocycles. The van der Waals surface area contributed by atoms with Gasteiger partial charge in [0, 0.05) is 20.2 Å². The van der Waals surface area contributed by atoms with Gasteiger partial charge in [0.25, 0.3) is 0 Å². The lowest BCUT2D eigenvalue weighted by Crippen LogP contribution is -2.37. The summed E-state index contributed by atoms with van der Waals surface area (Å²) in [4.78, 5) is 2.01. The average molecular weight is 294 g/mol. The molecule has 0 radical (unpaired) electrons. The molecule has 2 unspecified atom stereocenters. The second kappa shape index (κ2) is 7.23. The second-order valence-corrected chi connectivity index (χ2v) is 6.35. The number of nitrogens with zero attached hydrogens (tertiary/aromatic N) is 1. The fourth-order valence-corrected chi connectivity index (χ4v) is 2.86. The Morgan fingerprint density at radius 1 is 1.43 bits per heavy atom. The van der Waals surface area contributed by atoms with E-state index in [4.69, 9.17) is 4.74 Å². The number of nitrogens with one attached hydrogen (secondary N) is 1. The number of ether oxygens (including phenoxy) is 1. The molecule has 0 amide bonds. The molecule has 4 heteroatoms. The van der Waals surface area contributed by atoms with Gasteiger partial charge < -0.3 is 15.0 Å². The van der Waals surface area contributed by atoms with Gasteiger partial charge in [-0.05, 0) is 43.5 Å². The van der Waals surface area contributed by atoms with Gasteiger partial charge >= 0.3 is 0 Å². The quantitative estimate of drug-likeness (QED) is 0.872. The average Bonchev–Trinajstić information content (AvgIpc) is 2.84. The SMILES string of the molecule is CC(C)CNCc1ccc(N(C)C2CCOC2C)c(F)c1. The predicted molar refractivity (Wildman–Crippen MR) is 85.2 cm³/mol. The molecular formula is C17H27FN2O. The van der Waals surface area contributed by atoms with Gasteiger partial charge in [0.05, 0.1) is 17.8 Å². The maximum atomic E-state index is 14.4. The van der Waals surface area contributed by atoms with E-state index >= 15 is 0 Å². The van der Waals surface area contributed by atoms with E-state index in [-0.39, 0.29) is 18.0 Å². The van der Waals surface area contributed by atoms with Gasteiger partial charge in [0.2, 0.25) is 0 Å².